The maximum Gasteiger partial charge on any atom is 0.229 e. The minimum absolute atomic E-state index is 0. The molecule has 0 aliphatic carbocycles. The van der Waals surface area contributed by atoms with E-state index in [1.54, 1.807) is 12.4 Å². The Kier molecular flexibility index (Phi) is 6.91. The Morgan fingerprint density at radius 3 is 2.81 bits per heavy atom. The highest BCUT2D eigenvalue weighted by molar-refractivity contribution is 5.85. The van der Waals surface area contributed by atoms with Gasteiger partial charge in [0.15, 0.2) is 0 Å². The summed E-state index contributed by atoms with van der Waals surface area (Å²) in [7, 11) is 0. The Bertz CT molecular complexity index is 457. The fraction of sp³-hybridized carbons (Fsp3) is 0.600. The first kappa shape index (κ1) is 18.2. The maximum atomic E-state index is 12.6. The van der Waals surface area contributed by atoms with Crippen molar-refractivity contribution in [3.63, 3.8) is 0 Å². The fourth-order valence-corrected chi connectivity index (χ4v) is 3.19. The Balaban J connectivity index is 0.00000110. The van der Waals surface area contributed by atoms with E-state index < -0.39 is 0 Å². The molecule has 2 saturated heterocycles. The van der Waals surface area contributed by atoms with Gasteiger partial charge in [-0.15, -0.1) is 24.8 Å². The topological polar surface area (TPSA) is 45.2 Å². The second kappa shape index (κ2) is 7.97. The van der Waals surface area contributed by atoms with Crippen LogP contribution >= 0.6 is 24.8 Å². The van der Waals surface area contributed by atoms with Crippen molar-refractivity contribution in [3.05, 3.63) is 30.1 Å². The molecule has 3 atom stereocenters. The van der Waals surface area contributed by atoms with Crippen molar-refractivity contribution in [1.82, 2.24) is 15.2 Å². The molecule has 3 unspecified atom stereocenters. The number of halogens is 2. The molecule has 2 bridgehead atoms. The van der Waals surface area contributed by atoms with Crippen molar-refractivity contribution in [2.75, 3.05) is 13.1 Å². The third kappa shape index (κ3) is 4.09. The molecule has 3 heterocycles. The molecule has 0 radical (unpaired) electrons. The van der Waals surface area contributed by atoms with Crippen LogP contribution in [0.15, 0.2) is 24.5 Å². The van der Waals surface area contributed by atoms with Crippen molar-refractivity contribution in [2.45, 2.75) is 44.2 Å². The summed E-state index contributed by atoms with van der Waals surface area (Å²) in [4.78, 5) is 18.7. The van der Waals surface area contributed by atoms with Crippen LogP contribution in [0, 0.1) is 0 Å². The largest absolute Gasteiger partial charge is 0.341 e. The molecule has 1 N–H and O–H groups in total. The molecule has 2 aliphatic heterocycles. The number of hydrogen-bond donors (Lipinski definition) is 1. The molecule has 1 aromatic heterocycles. The summed E-state index contributed by atoms with van der Waals surface area (Å²) >= 11 is 0. The minimum Gasteiger partial charge on any atom is -0.341 e. The maximum absolute atomic E-state index is 12.6. The van der Waals surface area contributed by atoms with Crippen molar-refractivity contribution >= 4 is 30.7 Å². The van der Waals surface area contributed by atoms with Crippen LogP contribution in [-0.4, -0.2) is 41.0 Å². The SMILES string of the molecule is CC(C(=O)N1CCC2CCC(C1)N2)c1cccnc1.Cl.Cl. The first-order valence-corrected chi connectivity index (χ1v) is 7.19. The summed E-state index contributed by atoms with van der Waals surface area (Å²) in [6, 6.07) is 5.00. The lowest BCUT2D eigenvalue weighted by molar-refractivity contribution is -0.132. The third-order valence-electron chi connectivity index (χ3n) is 4.39. The van der Waals surface area contributed by atoms with Gasteiger partial charge in [-0.05, 0) is 37.8 Å². The van der Waals surface area contributed by atoms with Crippen molar-refractivity contribution in [2.24, 2.45) is 0 Å². The second-order valence-corrected chi connectivity index (χ2v) is 5.72. The molecule has 2 fully saturated rings. The zero-order valence-electron chi connectivity index (χ0n) is 12.2. The van der Waals surface area contributed by atoms with Gasteiger partial charge in [0.05, 0.1) is 5.92 Å². The number of nitrogens with zero attached hydrogens (tertiary/aromatic N) is 2. The minimum atomic E-state index is -0.0923. The van der Waals surface area contributed by atoms with E-state index in [0.717, 1.165) is 25.1 Å². The van der Waals surface area contributed by atoms with Crippen LogP contribution in [0.3, 0.4) is 0 Å². The Morgan fingerprint density at radius 2 is 2.10 bits per heavy atom. The van der Waals surface area contributed by atoms with Crippen LogP contribution in [0.2, 0.25) is 0 Å². The number of fused-ring (bicyclic) bond motifs is 2. The molecule has 21 heavy (non-hydrogen) atoms. The van der Waals surface area contributed by atoms with Gasteiger partial charge in [0.25, 0.3) is 0 Å². The van der Waals surface area contributed by atoms with Gasteiger partial charge in [-0.2, -0.15) is 0 Å². The Hall–Kier alpha value is -0.840. The molecule has 3 rings (SSSR count). The van der Waals surface area contributed by atoms with E-state index in [0.29, 0.717) is 12.1 Å². The molecule has 6 heteroatoms. The monoisotopic (exact) mass is 331 g/mol. The second-order valence-electron chi connectivity index (χ2n) is 5.72. The van der Waals surface area contributed by atoms with Gasteiger partial charge in [0, 0.05) is 37.6 Å². The van der Waals surface area contributed by atoms with E-state index in [1.165, 1.54) is 12.8 Å². The summed E-state index contributed by atoms with van der Waals surface area (Å²) in [6.45, 7) is 3.73. The van der Waals surface area contributed by atoms with Crippen LogP contribution < -0.4 is 5.32 Å². The predicted molar refractivity (Wildman–Crippen MR) is 88.3 cm³/mol. The number of nitrogens with one attached hydrogen (secondary N) is 1. The standard InChI is InChI=1S/C15H21N3O.2ClH/c1-11(12-3-2-7-16-9-12)15(19)18-8-6-13-4-5-14(10-18)17-13;;/h2-3,7,9,11,13-14,17H,4-6,8,10H2,1H3;2*1H. The smallest absolute Gasteiger partial charge is 0.229 e. The number of carbonyl (C=O) groups excluding carboxylic acids is 1. The predicted octanol–water partition coefficient (Wildman–Crippen LogP) is 2.38. The highest BCUT2D eigenvalue weighted by atomic mass is 35.5. The van der Waals surface area contributed by atoms with Gasteiger partial charge in [-0.1, -0.05) is 6.07 Å². The number of pyridine rings is 1. The number of aromatic nitrogens is 1. The van der Waals surface area contributed by atoms with Gasteiger partial charge < -0.3 is 10.2 Å². The number of amides is 1. The van der Waals surface area contributed by atoms with Crippen LogP contribution in [0.1, 0.15) is 37.7 Å². The first-order valence-electron chi connectivity index (χ1n) is 7.19. The van der Waals surface area contributed by atoms with Gasteiger partial charge in [-0.25, -0.2) is 0 Å². The molecular formula is C15H23Cl2N3O. The summed E-state index contributed by atoms with van der Waals surface area (Å²) in [5.41, 5.74) is 1.01. The lowest BCUT2D eigenvalue weighted by Crippen LogP contribution is -2.40. The van der Waals surface area contributed by atoms with Gasteiger partial charge in [0.2, 0.25) is 5.91 Å². The first-order chi connectivity index (χ1) is 9.24. The van der Waals surface area contributed by atoms with Crippen LogP contribution in [0.5, 0.6) is 0 Å². The van der Waals surface area contributed by atoms with Crippen molar-refractivity contribution in [3.8, 4) is 0 Å². The van der Waals surface area contributed by atoms with Crippen molar-refractivity contribution < 1.29 is 4.79 Å². The quantitative estimate of drug-likeness (QED) is 0.904. The van der Waals surface area contributed by atoms with Gasteiger partial charge >= 0.3 is 0 Å². The lowest BCUT2D eigenvalue weighted by atomic mass is 10.0. The van der Waals surface area contributed by atoms with E-state index in [-0.39, 0.29) is 36.6 Å². The lowest BCUT2D eigenvalue weighted by Gasteiger charge is -2.27. The van der Waals surface area contributed by atoms with E-state index in [9.17, 15) is 4.79 Å². The zero-order chi connectivity index (χ0) is 13.2. The Labute approximate surface area is 138 Å². The highest BCUT2D eigenvalue weighted by Crippen LogP contribution is 2.23. The molecule has 0 saturated carbocycles. The number of rotatable bonds is 2. The van der Waals surface area contributed by atoms with Crippen molar-refractivity contribution in [1.29, 1.82) is 0 Å². The Morgan fingerprint density at radius 1 is 1.33 bits per heavy atom. The van der Waals surface area contributed by atoms with E-state index in [1.807, 2.05) is 24.0 Å². The molecule has 0 spiro atoms. The van der Waals surface area contributed by atoms with E-state index in [4.69, 9.17) is 0 Å². The molecule has 0 aromatic carbocycles. The number of likely N-dealkylation sites (tertiary alicyclic amines) is 1. The molecule has 1 amide bonds. The number of carbonyl (C=O) groups is 1. The summed E-state index contributed by atoms with van der Waals surface area (Å²) in [5.74, 6) is 0.146. The average molecular weight is 332 g/mol. The molecule has 2 aliphatic rings. The van der Waals surface area contributed by atoms with E-state index in [2.05, 4.69) is 10.3 Å². The van der Waals surface area contributed by atoms with Gasteiger partial charge in [-0.3, -0.25) is 9.78 Å². The number of hydrogen-bond acceptors (Lipinski definition) is 3. The third-order valence-corrected chi connectivity index (χ3v) is 4.39. The molecule has 4 nitrogen and oxygen atoms in total. The highest BCUT2D eigenvalue weighted by Gasteiger charge is 2.32. The zero-order valence-corrected chi connectivity index (χ0v) is 13.8. The van der Waals surface area contributed by atoms with Crippen LogP contribution in [0.25, 0.3) is 0 Å². The summed E-state index contributed by atoms with van der Waals surface area (Å²) < 4.78 is 0. The molecule has 1 aromatic rings. The fourth-order valence-electron chi connectivity index (χ4n) is 3.19. The normalized spacial score (nSPS) is 25.3. The van der Waals surface area contributed by atoms with Crippen LogP contribution in [0.4, 0.5) is 0 Å². The molecule has 118 valence electrons. The summed E-state index contributed by atoms with van der Waals surface area (Å²) in [5, 5.41) is 3.61. The van der Waals surface area contributed by atoms with Gasteiger partial charge in [0.1, 0.15) is 0 Å². The molecular weight excluding hydrogens is 309 g/mol. The van der Waals surface area contributed by atoms with E-state index >= 15 is 0 Å². The summed E-state index contributed by atoms with van der Waals surface area (Å²) in [6.07, 6.45) is 7.10. The average Bonchev–Trinajstić information content (AvgIpc) is 2.78. The van der Waals surface area contributed by atoms with Crippen LogP contribution in [-0.2, 0) is 4.79 Å².